The molecule has 2 aromatic rings. The number of allylic oxidation sites excluding steroid dienone is 2. The standard InChI is InChI=1S/C51H69N7O12/c1-29(2)24-39-48(64)57-41(51(68)69)28-43(59)53-40(26-35-16-12-10-13-17-35)49(65)54-37(21-20-30(3)25-31(4)42(70-9)27-36-18-14-11-15-19-36)32(5)45(61)55-38(50(66)67)22-23-44(60)58(8)34(7)47(63)52-33(6)46(62)56-39/h10-21,25,29,31-33,37-42H,7,22-24,26-28H2,1-6,8-9H3,(H,52,63)(H,53,59)(H,54,65)(H,55,61)(H,56,62)(H,57,64)(H,66,67)(H,68,69)/b21-20+,30-25+/t31-,32-,33+,37-,38+,39-,40-,41+,42-/m0/s1. The Balaban J connectivity index is 2.10. The first-order valence-electron chi connectivity index (χ1n) is 23.2. The Kier molecular flexibility index (Phi) is 22.7. The zero-order valence-corrected chi connectivity index (χ0v) is 41.2. The minimum Gasteiger partial charge on any atom is -0.480 e. The molecule has 0 spiro atoms. The van der Waals surface area contributed by atoms with E-state index in [9.17, 15) is 53.4 Å². The van der Waals surface area contributed by atoms with E-state index in [2.05, 4.69) is 38.5 Å². The van der Waals surface area contributed by atoms with Crippen molar-refractivity contribution in [3.8, 4) is 0 Å². The Labute approximate surface area is 409 Å². The minimum absolute atomic E-state index is 0.0268. The number of rotatable bonds is 13. The van der Waals surface area contributed by atoms with Crippen LogP contribution in [-0.4, -0.2) is 125 Å². The van der Waals surface area contributed by atoms with Crippen LogP contribution in [0.25, 0.3) is 0 Å². The number of hydrogen-bond acceptors (Lipinski definition) is 10. The zero-order chi connectivity index (χ0) is 52.2. The van der Waals surface area contributed by atoms with Gasteiger partial charge in [-0.25, -0.2) is 9.59 Å². The number of methoxy groups -OCH3 is 1. The smallest absolute Gasteiger partial charge is 0.326 e. The lowest BCUT2D eigenvalue weighted by Crippen LogP contribution is -2.57. The number of carboxylic acid groups (broad SMARTS) is 2. The third kappa shape index (κ3) is 18.4. The molecule has 70 heavy (non-hydrogen) atoms. The molecule has 1 aliphatic heterocycles. The van der Waals surface area contributed by atoms with Crippen LogP contribution in [0.5, 0.6) is 0 Å². The van der Waals surface area contributed by atoms with Crippen LogP contribution >= 0.6 is 0 Å². The lowest BCUT2D eigenvalue weighted by molar-refractivity contribution is -0.144. The maximum Gasteiger partial charge on any atom is 0.326 e. The van der Waals surface area contributed by atoms with Crippen molar-refractivity contribution in [1.82, 2.24) is 36.8 Å². The highest BCUT2D eigenvalue weighted by Crippen LogP contribution is 2.19. The van der Waals surface area contributed by atoms with E-state index in [1.807, 2.05) is 50.3 Å². The molecule has 2 aromatic carbocycles. The van der Waals surface area contributed by atoms with E-state index in [1.165, 1.54) is 20.9 Å². The summed E-state index contributed by atoms with van der Waals surface area (Å²) in [6, 6.07) is 9.84. The van der Waals surface area contributed by atoms with Crippen molar-refractivity contribution in [2.75, 3.05) is 14.2 Å². The minimum atomic E-state index is -1.83. The molecule has 9 atom stereocenters. The van der Waals surface area contributed by atoms with Crippen molar-refractivity contribution in [3.63, 3.8) is 0 Å². The fraction of sp³-hybridized carbons (Fsp3) is 0.471. The van der Waals surface area contributed by atoms with Crippen molar-refractivity contribution < 1.29 is 58.1 Å². The van der Waals surface area contributed by atoms with Crippen LogP contribution in [0.1, 0.15) is 78.4 Å². The number of carbonyl (C=O) groups is 9. The monoisotopic (exact) mass is 972 g/mol. The van der Waals surface area contributed by atoms with Crippen molar-refractivity contribution in [2.24, 2.45) is 17.8 Å². The third-order valence-electron chi connectivity index (χ3n) is 11.8. The second-order valence-corrected chi connectivity index (χ2v) is 18.1. The number of nitrogens with zero attached hydrogens (tertiary/aromatic N) is 1. The molecule has 0 unspecified atom stereocenters. The molecule has 1 aliphatic rings. The SMILES string of the molecule is C=C1C(=O)N[C@H](C)C(=O)N[C@@H](CC(C)C)C(=O)N[C@@H](C(=O)O)CC(=O)N[C@@H](Cc2ccccc2)C(=O)N[C@@H](/C=C/C(C)=C/[C@H](C)[C@H](Cc2ccccc2)OC)[C@H](C)C(=O)N[C@@H](C(=O)O)CCC(=O)N1C. The lowest BCUT2D eigenvalue weighted by Gasteiger charge is -2.27. The number of amides is 7. The molecule has 0 radical (unpaired) electrons. The van der Waals surface area contributed by atoms with Gasteiger partial charge in [-0.1, -0.05) is 119 Å². The summed E-state index contributed by atoms with van der Waals surface area (Å²) in [4.78, 5) is 122. The second kappa shape index (κ2) is 27.7. The highest BCUT2D eigenvalue weighted by molar-refractivity contribution is 6.00. The van der Waals surface area contributed by atoms with E-state index in [0.717, 1.165) is 16.0 Å². The van der Waals surface area contributed by atoms with E-state index in [-0.39, 0.29) is 30.8 Å². The summed E-state index contributed by atoms with van der Waals surface area (Å²) in [7, 11) is 2.84. The summed E-state index contributed by atoms with van der Waals surface area (Å²) in [5.41, 5.74) is 2.01. The molecule has 3 rings (SSSR count). The van der Waals surface area contributed by atoms with Crippen LogP contribution in [0.2, 0.25) is 0 Å². The van der Waals surface area contributed by atoms with E-state index < -0.39 is 120 Å². The van der Waals surface area contributed by atoms with Gasteiger partial charge in [-0.2, -0.15) is 0 Å². The first-order valence-corrected chi connectivity index (χ1v) is 23.2. The van der Waals surface area contributed by atoms with Crippen LogP contribution in [0.3, 0.4) is 0 Å². The Morgan fingerprint density at radius 2 is 1.34 bits per heavy atom. The molecule has 7 amide bonds. The van der Waals surface area contributed by atoms with Crippen molar-refractivity contribution in [3.05, 3.63) is 108 Å². The predicted octanol–water partition coefficient (Wildman–Crippen LogP) is 2.56. The topological polar surface area (TPSA) is 279 Å². The van der Waals surface area contributed by atoms with Gasteiger partial charge in [-0.15, -0.1) is 0 Å². The number of benzene rings is 2. The van der Waals surface area contributed by atoms with Gasteiger partial charge >= 0.3 is 11.9 Å². The molecule has 0 bridgehead atoms. The van der Waals surface area contributed by atoms with Crippen LogP contribution in [0, 0.1) is 17.8 Å². The van der Waals surface area contributed by atoms with Gasteiger partial charge in [-0.3, -0.25) is 33.6 Å². The number of aliphatic carboxylic acids is 2. The van der Waals surface area contributed by atoms with Crippen LogP contribution in [0.15, 0.2) is 96.7 Å². The fourth-order valence-electron chi connectivity index (χ4n) is 7.55. The number of likely N-dealkylation sites (N-methyl/N-ethyl adjacent to an activating group) is 1. The largest absolute Gasteiger partial charge is 0.480 e. The average molecular weight is 972 g/mol. The number of nitrogens with one attached hydrogen (secondary N) is 6. The summed E-state index contributed by atoms with van der Waals surface area (Å²) in [5, 5.41) is 35.5. The van der Waals surface area contributed by atoms with E-state index in [4.69, 9.17) is 4.74 Å². The van der Waals surface area contributed by atoms with Crippen LogP contribution < -0.4 is 31.9 Å². The van der Waals surface area contributed by atoms with Gasteiger partial charge in [0.1, 0.15) is 35.9 Å². The zero-order valence-electron chi connectivity index (χ0n) is 41.2. The molecule has 8 N–H and O–H groups in total. The van der Waals surface area contributed by atoms with Gasteiger partial charge in [-0.05, 0) is 50.2 Å². The van der Waals surface area contributed by atoms with Gasteiger partial charge in [0.2, 0.25) is 35.4 Å². The van der Waals surface area contributed by atoms with Crippen LogP contribution in [0.4, 0.5) is 0 Å². The molecular formula is C51H69N7O12. The normalized spacial score (nSPS) is 24.5. The Morgan fingerprint density at radius 3 is 1.91 bits per heavy atom. The predicted molar refractivity (Wildman–Crippen MR) is 260 cm³/mol. The average Bonchev–Trinajstić information content (AvgIpc) is 3.31. The summed E-state index contributed by atoms with van der Waals surface area (Å²) in [6.07, 6.45) is 3.84. The molecular weight excluding hydrogens is 903 g/mol. The highest BCUT2D eigenvalue weighted by Gasteiger charge is 2.34. The summed E-state index contributed by atoms with van der Waals surface area (Å²) < 4.78 is 5.82. The molecule has 1 saturated heterocycles. The Bertz CT molecular complexity index is 2250. The maximum atomic E-state index is 14.4. The third-order valence-corrected chi connectivity index (χ3v) is 11.8. The lowest BCUT2D eigenvalue weighted by atomic mass is 9.94. The van der Waals surface area contributed by atoms with E-state index in [0.29, 0.717) is 12.0 Å². The van der Waals surface area contributed by atoms with Gasteiger partial charge < -0.3 is 51.8 Å². The number of carboxylic acids is 2. The molecule has 1 fully saturated rings. The summed E-state index contributed by atoms with van der Waals surface area (Å²) in [6.45, 7) is 13.7. The van der Waals surface area contributed by atoms with Gasteiger partial charge in [0.05, 0.1) is 24.5 Å². The summed E-state index contributed by atoms with van der Waals surface area (Å²) >= 11 is 0. The first-order chi connectivity index (χ1) is 33.0. The van der Waals surface area contributed by atoms with E-state index in [1.54, 1.807) is 63.4 Å². The second-order valence-electron chi connectivity index (χ2n) is 18.1. The highest BCUT2D eigenvalue weighted by atomic mass is 16.5. The number of hydrogen-bond donors (Lipinski definition) is 8. The Morgan fingerprint density at radius 1 is 0.771 bits per heavy atom. The molecule has 19 heteroatoms. The molecule has 0 aliphatic carbocycles. The van der Waals surface area contributed by atoms with Crippen molar-refractivity contribution in [1.29, 1.82) is 0 Å². The Hall–Kier alpha value is -7.15. The molecule has 0 aromatic heterocycles. The number of ether oxygens (including phenoxy) is 1. The molecule has 19 nitrogen and oxygen atoms in total. The number of carbonyl (C=O) groups excluding carboxylic acids is 7. The molecule has 380 valence electrons. The summed E-state index contributed by atoms with van der Waals surface area (Å²) in [5.74, 6) is -10.5. The molecule has 0 saturated carbocycles. The van der Waals surface area contributed by atoms with E-state index >= 15 is 0 Å². The first kappa shape index (κ1) is 57.2. The van der Waals surface area contributed by atoms with Gasteiger partial charge in [0.15, 0.2) is 0 Å². The van der Waals surface area contributed by atoms with Crippen LogP contribution in [-0.2, 0) is 60.7 Å². The maximum absolute atomic E-state index is 14.4. The van der Waals surface area contributed by atoms with Gasteiger partial charge in [0, 0.05) is 32.9 Å². The molecule has 1 heterocycles. The van der Waals surface area contributed by atoms with Crippen molar-refractivity contribution in [2.45, 2.75) is 122 Å². The quantitative estimate of drug-likeness (QED) is 0.106. The van der Waals surface area contributed by atoms with Crippen molar-refractivity contribution >= 4 is 53.3 Å². The van der Waals surface area contributed by atoms with Gasteiger partial charge in [0.25, 0.3) is 5.91 Å². The fourth-order valence-corrected chi connectivity index (χ4v) is 7.55.